The van der Waals surface area contributed by atoms with Gasteiger partial charge in [-0.25, -0.2) is 4.79 Å². The van der Waals surface area contributed by atoms with Crippen molar-refractivity contribution in [3.63, 3.8) is 0 Å². The predicted molar refractivity (Wildman–Crippen MR) is 68.6 cm³/mol. The predicted octanol–water partition coefficient (Wildman–Crippen LogP) is -0.149. The summed E-state index contributed by atoms with van der Waals surface area (Å²) in [7, 11) is 1.54. The molecule has 110 valence electrons. The number of rotatable bonds is 9. The van der Waals surface area contributed by atoms with E-state index in [-0.39, 0.29) is 31.3 Å². The molecule has 0 aliphatic carbocycles. The number of ether oxygens (including phenoxy) is 1. The summed E-state index contributed by atoms with van der Waals surface area (Å²) in [6.07, 6.45) is 0.768. The van der Waals surface area contributed by atoms with Crippen LogP contribution in [0.2, 0.25) is 0 Å². The Kier molecular flexibility index (Phi) is 8.52. The van der Waals surface area contributed by atoms with E-state index in [1.54, 1.807) is 7.11 Å². The van der Waals surface area contributed by atoms with Crippen molar-refractivity contribution >= 4 is 17.8 Å². The van der Waals surface area contributed by atoms with Crippen LogP contribution in [0.15, 0.2) is 0 Å². The molecule has 0 spiro atoms. The van der Waals surface area contributed by atoms with Crippen LogP contribution in [0.3, 0.4) is 0 Å². The summed E-state index contributed by atoms with van der Waals surface area (Å²) in [4.78, 5) is 34.9. The first-order chi connectivity index (χ1) is 8.90. The normalized spacial score (nSPS) is 11.7. The molecule has 0 saturated heterocycles. The first-order valence-electron chi connectivity index (χ1n) is 6.15. The molecule has 0 aromatic rings. The zero-order valence-corrected chi connectivity index (χ0v) is 11.6. The number of methoxy groups -OCH3 is 1. The van der Waals surface area contributed by atoms with Crippen LogP contribution in [-0.4, -0.2) is 60.6 Å². The molecule has 0 saturated carbocycles. The molecule has 0 fully saturated rings. The van der Waals surface area contributed by atoms with Crippen molar-refractivity contribution in [3.05, 3.63) is 0 Å². The zero-order valence-electron chi connectivity index (χ0n) is 11.6. The maximum Gasteiger partial charge on any atom is 0.326 e. The minimum Gasteiger partial charge on any atom is -0.480 e. The Bertz CT molecular complexity index is 319. The quantitative estimate of drug-likeness (QED) is 0.570. The fourth-order valence-corrected chi connectivity index (χ4v) is 1.53. The van der Waals surface area contributed by atoms with Crippen molar-refractivity contribution in [2.24, 2.45) is 0 Å². The highest BCUT2D eigenvalue weighted by Gasteiger charge is 2.24. The lowest BCUT2D eigenvalue weighted by molar-refractivity contribution is -0.149. The van der Waals surface area contributed by atoms with Crippen LogP contribution in [0, 0.1) is 0 Å². The van der Waals surface area contributed by atoms with Crippen LogP contribution in [0.1, 0.15) is 26.7 Å². The van der Waals surface area contributed by atoms with Crippen molar-refractivity contribution in [3.8, 4) is 0 Å². The molecule has 0 aliphatic heterocycles. The minimum atomic E-state index is -1.07. The first-order valence-corrected chi connectivity index (χ1v) is 6.15. The molecule has 0 bridgehead atoms. The second-order valence-electron chi connectivity index (χ2n) is 4.18. The van der Waals surface area contributed by atoms with Gasteiger partial charge in [0, 0.05) is 40.2 Å². The second kappa shape index (κ2) is 9.32. The maximum absolute atomic E-state index is 11.9. The molecule has 7 nitrogen and oxygen atoms in total. The lowest BCUT2D eigenvalue weighted by atomic mass is 10.2. The lowest BCUT2D eigenvalue weighted by Gasteiger charge is -2.26. The number of carboxylic acid groups (broad SMARTS) is 1. The number of nitrogens with zero attached hydrogens (tertiary/aromatic N) is 1. The van der Waals surface area contributed by atoms with E-state index < -0.39 is 12.0 Å². The van der Waals surface area contributed by atoms with E-state index in [4.69, 9.17) is 9.84 Å². The van der Waals surface area contributed by atoms with E-state index >= 15 is 0 Å². The van der Waals surface area contributed by atoms with Crippen molar-refractivity contribution in [2.45, 2.75) is 32.7 Å². The van der Waals surface area contributed by atoms with E-state index in [0.29, 0.717) is 13.0 Å². The van der Waals surface area contributed by atoms with Crippen LogP contribution >= 0.6 is 0 Å². The highest BCUT2D eigenvalue weighted by atomic mass is 16.5. The van der Waals surface area contributed by atoms with Crippen LogP contribution < -0.4 is 5.32 Å². The molecule has 7 heteroatoms. The van der Waals surface area contributed by atoms with E-state index in [0.717, 1.165) is 0 Å². The standard InChI is InChI=1S/C12H22N2O5/c1-9(12(17)18)14(7-6-13-10(2)15)11(16)5-4-8-19-3/h9H,4-8H2,1-3H3,(H,13,15)(H,17,18). The monoisotopic (exact) mass is 274 g/mol. The molecule has 0 rings (SSSR count). The first kappa shape index (κ1) is 17.4. The molecule has 0 radical (unpaired) electrons. The van der Waals surface area contributed by atoms with Gasteiger partial charge in [0.25, 0.3) is 0 Å². The van der Waals surface area contributed by atoms with Gasteiger partial charge in [0.1, 0.15) is 6.04 Å². The van der Waals surface area contributed by atoms with E-state index in [9.17, 15) is 14.4 Å². The third-order valence-corrected chi connectivity index (χ3v) is 2.61. The SMILES string of the molecule is COCCCC(=O)N(CCNC(C)=O)C(C)C(=O)O. The van der Waals surface area contributed by atoms with E-state index in [2.05, 4.69) is 5.32 Å². The molecule has 0 aromatic heterocycles. The van der Waals surface area contributed by atoms with Gasteiger partial charge in [0.15, 0.2) is 0 Å². The second-order valence-corrected chi connectivity index (χ2v) is 4.18. The van der Waals surface area contributed by atoms with E-state index in [1.165, 1.54) is 18.7 Å². The maximum atomic E-state index is 11.9. The lowest BCUT2D eigenvalue weighted by Crippen LogP contribution is -2.46. The van der Waals surface area contributed by atoms with Gasteiger partial charge >= 0.3 is 5.97 Å². The summed E-state index contributed by atoms with van der Waals surface area (Å²) >= 11 is 0. The molecule has 0 aromatic carbocycles. The molecular weight excluding hydrogens is 252 g/mol. The summed E-state index contributed by atoms with van der Waals surface area (Å²) < 4.78 is 4.85. The Morgan fingerprint density at radius 1 is 1.37 bits per heavy atom. The minimum absolute atomic E-state index is 0.179. The van der Waals surface area contributed by atoms with Crippen molar-refractivity contribution in [2.75, 3.05) is 26.8 Å². The summed E-state index contributed by atoms with van der Waals surface area (Å²) in [6, 6.07) is -0.913. The summed E-state index contributed by atoms with van der Waals surface area (Å²) in [5.74, 6) is -1.53. The summed E-state index contributed by atoms with van der Waals surface area (Å²) in [5, 5.41) is 11.5. The molecule has 1 unspecified atom stereocenters. The van der Waals surface area contributed by atoms with Gasteiger partial charge in [-0.1, -0.05) is 0 Å². The molecule has 0 aliphatic rings. The number of carboxylic acids is 1. The number of hydrogen-bond acceptors (Lipinski definition) is 4. The zero-order chi connectivity index (χ0) is 14.8. The number of nitrogens with one attached hydrogen (secondary N) is 1. The van der Waals surface area contributed by atoms with Gasteiger partial charge in [-0.15, -0.1) is 0 Å². The Labute approximate surface area is 112 Å². The molecule has 1 atom stereocenters. The Hall–Kier alpha value is -1.63. The largest absolute Gasteiger partial charge is 0.480 e. The Morgan fingerprint density at radius 3 is 2.47 bits per heavy atom. The molecule has 0 heterocycles. The van der Waals surface area contributed by atoms with Gasteiger partial charge in [0.2, 0.25) is 11.8 Å². The van der Waals surface area contributed by atoms with E-state index in [1.807, 2.05) is 0 Å². The third kappa shape index (κ3) is 7.40. The van der Waals surface area contributed by atoms with Crippen LogP contribution in [0.5, 0.6) is 0 Å². The Morgan fingerprint density at radius 2 is 2.00 bits per heavy atom. The van der Waals surface area contributed by atoms with Gasteiger partial charge in [-0.2, -0.15) is 0 Å². The van der Waals surface area contributed by atoms with Crippen LogP contribution in [-0.2, 0) is 19.1 Å². The third-order valence-electron chi connectivity index (χ3n) is 2.61. The highest BCUT2D eigenvalue weighted by molar-refractivity contribution is 5.83. The van der Waals surface area contributed by atoms with Gasteiger partial charge in [0.05, 0.1) is 0 Å². The van der Waals surface area contributed by atoms with Crippen LogP contribution in [0.4, 0.5) is 0 Å². The topological polar surface area (TPSA) is 95.9 Å². The van der Waals surface area contributed by atoms with Gasteiger partial charge in [-0.05, 0) is 13.3 Å². The molecular formula is C12H22N2O5. The highest BCUT2D eigenvalue weighted by Crippen LogP contribution is 2.04. The fourth-order valence-electron chi connectivity index (χ4n) is 1.53. The van der Waals surface area contributed by atoms with Crippen molar-refractivity contribution < 1.29 is 24.2 Å². The summed E-state index contributed by atoms with van der Waals surface area (Å²) in [5.41, 5.74) is 0. The van der Waals surface area contributed by atoms with Crippen molar-refractivity contribution in [1.29, 1.82) is 0 Å². The molecule has 19 heavy (non-hydrogen) atoms. The Balaban J connectivity index is 4.43. The number of amides is 2. The average Bonchev–Trinajstić information content (AvgIpc) is 2.33. The molecule has 2 N–H and O–H groups in total. The van der Waals surface area contributed by atoms with Gasteiger partial charge < -0.3 is 20.1 Å². The molecule has 2 amide bonds. The smallest absolute Gasteiger partial charge is 0.326 e. The van der Waals surface area contributed by atoms with Gasteiger partial charge in [-0.3, -0.25) is 9.59 Å². The van der Waals surface area contributed by atoms with Crippen LogP contribution in [0.25, 0.3) is 0 Å². The number of carbonyl (C=O) groups is 3. The van der Waals surface area contributed by atoms with Crippen molar-refractivity contribution in [1.82, 2.24) is 10.2 Å². The fraction of sp³-hybridized carbons (Fsp3) is 0.750. The summed E-state index contributed by atoms with van der Waals surface area (Å²) in [6.45, 7) is 3.68. The average molecular weight is 274 g/mol. The number of carbonyl (C=O) groups excluding carboxylic acids is 2. The number of hydrogen-bond donors (Lipinski definition) is 2. The number of aliphatic carboxylic acids is 1.